The zero-order valence-electron chi connectivity index (χ0n) is 22.9. The summed E-state index contributed by atoms with van der Waals surface area (Å²) in [4.78, 5) is 39.9. The second-order valence-electron chi connectivity index (χ2n) is 9.54. The van der Waals surface area contributed by atoms with Crippen molar-refractivity contribution in [3.8, 4) is 0 Å². The summed E-state index contributed by atoms with van der Waals surface area (Å²) < 4.78 is 0. The van der Waals surface area contributed by atoms with E-state index in [1.807, 2.05) is 97.9 Å². The van der Waals surface area contributed by atoms with Crippen molar-refractivity contribution in [2.45, 2.75) is 17.1 Å². The molecular formula is C35H29N3O3S. The number of nitrogens with one attached hydrogen (secondary N) is 3. The number of carbonyl (C=O) groups is 3. The molecule has 0 heterocycles. The van der Waals surface area contributed by atoms with Crippen LogP contribution < -0.4 is 16.0 Å². The first-order chi connectivity index (χ1) is 20.5. The predicted octanol–water partition coefficient (Wildman–Crippen LogP) is 7.37. The van der Waals surface area contributed by atoms with Crippen molar-refractivity contribution < 1.29 is 14.4 Å². The lowest BCUT2D eigenvalue weighted by atomic mass is 10.1. The van der Waals surface area contributed by atoms with Crippen LogP contribution in [0.2, 0.25) is 0 Å². The van der Waals surface area contributed by atoms with Gasteiger partial charge in [0.1, 0.15) is 5.70 Å². The highest BCUT2D eigenvalue weighted by molar-refractivity contribution is 8.00. The van der Waals surface area contributed by atoms with Crippen molar-refractivity contribution >= 4 is 57.7 Å². The van der Waals surface area contributed by atoms with Gasteiger partial charge in [-0.2, -0.15) is 0 Å². The summed E-state index contributed by atoms with van der Waals surface area (Å²) in [5.41, 5.74) is 2.68. The zero-order valence-corrected chi connectivity index (χ0v) is 23.7. The Morgan fingerprint density at radius 2 is 1.33 bits per heavy atom. The summed E-state index contributed by atoms with van der Waals surface area (Å²) in [6.45, 7) is 1.86. The van der Waals surface area contributed by atoms with E-state index >= 15 is 0 Å². The number of thioether (sulfide) groups is 1. The number of amides is 3. The Morgan fingerprint density at radius 3 is 2.07 bits per heavy atom. The van der Waals surface area contributed by atoms with Gasteiger partial charge in [0.05, 0.1) is 5.25 Å². The fourth-order valence-electron chi connectivity index (χ4n) is 4.30. The van der Waals surface area contributed by atoms with Gasteiger partial charge in [0.25, 0.3) is 11.8 Å². The van der Waals surface area contributed by atoms with E-state index in [1.165, 1.54) is 11.8 Å². The lowest BCUT2D eigenvalue weighted by Gasteiger charge is -2.14. The van der Waals surface area contributed by atoms with Gasteiger partial charge in [-0.1, -0.05) is 84.9 Å². The van der Waals surface area contributed by atoms with Gasteiger partial charge in [0.15, 0.2) is 0 Å². The first-order valence-electron chi connectivity index (χ1n) is 13.5. The Balaban J connectivity index is 1.24. The van der Waals surface area contributed by atoms with Crippen molar-refractivity contribution in [3.63, 3.8) is 0 Å². The average Bonchev–Trinajstić information content (AvgIpc) is 3.02. The van der Waals surface area contributed by atoms with Crippen LogP contribution in [0.5, 0.6) is 0 Å². The van der Waals surface area contributed by atoms with Crippen molar-refractivity contribution in [1.29, 1.82) is 0 Å². The Bertz CT molecular complexity index is 1730. The van der Waals surface area contributed by atoms with Gasteiger partial charge in [0, 0.05) is 27.2 Å². The van der Waals surface area contributed by atoms with Gasteiger partial charge in [-0.25, -0.2) is 0 Å². The maximum Gasteiger partial charge on any atom is 0.272 e. The summed E-state index contributed by atoms with van der Waals surface area (Å²) >= 11 is 1.42. The maximum atomic E-state index is 13.3. The molecule has 0 aliphatic carbocycles. The largest absolute Gasteiger partial charge is 0.325 e. The molecule has 3 amide bonds. The molecule has 5 aromatic rings. The molecule has 1 atom stereocenters. The summed E-state index contributed by atoms with van der Waals surface area (Å²) in [5, 5.41) is 10.4. The molecule has 5 aromatic carbocycles. The van der Waals surface area contributed by atoms with Crippen molar-refractivity contribution in [2.24, 2.45) is 0 Å². The van der Waals surface area contributed by atoms with Gasteiger partial charge in [-0.05, 0) is 66.4 Å². The van der Waals surface area contributed by atoms with E-state index < -0.39 is 5.91 Å². The molecule has 5 rings (SSSR count). The van der Waals surface area contributed by atoms with Gasteiger partial charge >= 0.3 is 0 Å². The summed E-state index contributed by atoms with van der Waals surface area (Å²) in [5.74, 6) is -0.930. The van der Waals surface area contributed by atoms with E-state index in [0.717, 1.165) is 26.9 Å². The first-order valence-corrected chi connectivity index (χ1v) is 14.3. The Labute approximate surface area is 248 Å². The normalized spacial score (nSPS) is 11.9. The molecule has 0 aliphatic rings. The lowest BCUT2D eigenvalue weighted by molar-refractivity contribution is -0.115. The van der Waals surface area contributed by atoms with Crippen LogP contribution in [0.4, 0.5) is 11.4 Å². The molecule has 7 heteroatoms. The average molecular weight is 572 g/mol. The van der Waals surface area contributed by atoms with Crippen LogP contribution in [-0.2, 0) is 9.59 Å². The fraction of sp³-hybridized carbons (Fsp3) is 0.0571. The van der Waals surface area contributed by atoms with Crippen molar-refractivity contribution in [3.05, 3.63) is 144 Å². The smallest absolute Gasteiger partial charge is 0.272 e. The van der Waals surface area contributed by atoms with Gasteiger partial charge in [-0.15, -0.1) is 11.8 Å². The minimum Gasteiger partial charge on any atom is -0.325 e. The SMILES string of the molecule is CC(Sc1ccc(NC(=O)/C(=C/c2ccccc2)NC(=O)c2ccccc2)cc1)C(=O)Nc1cccc2ccccc12. The monoisotopic (exact) mass is 571 g/mol. The topological polar surface area (TPSA) is 87.3 Å². The molecule has 42 heavy (non-hydrogen) atoms. The van der Waals surface area contributed by atoms with Gasteiger partial charge < -0.3 is 16.0 Å². The Hall–Kier alpha value is -5.14. The molecule has 0 aliphatic heterocycles. The number of anilines is 2. The minimum atomic E-state index is -0.452. The molecular weight excluding hydrogens is 542 g/mol. The molecule has 0 aromatic heterocycles. The third-order valence-corrected chi connectivity index (χ3v) is 7.59. The number of rotatable bonds is 9. The number of hydrogen-bond acceptors (Lipinski definition) is 4. The zero-order chi connectivity index (χ0) is 29.3. The van der Waals surface area contributed by atoms with Crippen LogP contribution in [0, 0.1) is 0 Å². The van der Waals surface area contributed by atoms with E-state index in [0.29, 0.717) is 11.3 Å². The van der Waals surface area contributed by atoms with Gasteiger partial charge in [0.2, 0.25) is 5.91 Å². The maximum absolute atomic E-state index is 13.3. The van der Waals surface area contributed by atoms with E-state index in [9.17, 15) is 14.4 Å². The number of carbonyl (C=O) groups excluding carboxylic acids is 3. The molecule has 6 nitrogen and oxygen atoms in total. The number of fused-ring (bicyclic) bond motifs is 1. The van der Waals surface area contributed by atoms with Crippen LogP contribution in [0.3, 0.4) is 0 Å². The third-order valence-electron chi connectivity index (χ3n) is 6.48. The summed E-state index contributed by atoms with van der Waals surface area (Å²) in [6, 6.07) is 39.1. The molecule has 1 unspecified atom stereocenters. The summed E-state index contributed by atoms with van der Waals surface area (Å²) in [6.07, 6.45) is 1.64. The molecule has 0 saturated carbocycles. The van der Waals surface area contributed by atoms with Crippen LogP contribution in [0.15, 0.2) is 138 Å². The second kappa shape index (κ2) is 13.5. The lowest BCUT2D eigenvalue weighted by Crippen LogP contribution is -2.30. The molecule has 0 spiro atoms. The number of benzene rings is 5. The minimum absolute atomic E-state index is 0.0985. The fourth-order valence-corrected chi connectivity index (χ4v) is 5.17. The second-order valence-corrected chi connectivity index (χ2v) is 11.0. The molecule has 3 N–H and O–H groups in total. The first kappa shape index (κ1) is 28.4. The highest BCUT2D eigenvalue weighted by Gasteiger charge is 2.17. The molecule has 0 fully saturated rings. The highest BCUT2D eigenvalue weighted by atomic mass is 32.2. The van der Waals surface area contributed by atoms with Crippen LogP contribution >= 0.6 is 11.8 Å². The highest BCUT2D eigenvalue weighted by Crippen LogP contribution is 2.28. The Morgan fingerprint density at radius 1 is 0.690 bits per heavy atom. The molecule has 0 bridgehead atoms. The summed E-state index contributed by atoms with van der Waals surface area (Å²) in [7, 11) is 0. The van der Waals surface area contributed by atoms with Gasteiger partial charge in [-0.3, -0.25) is 14.4 Å². The third kappa shape index (κ3) is 7.33. The molecule has 0 radical (unpaired) electrons. The van der Waals surface area contributed by atoms with Crippen molar-refractivity contribution in [2.75, 3.05) is 10.6 Å². The van der Waals surface area contributed by atoms with E-state index in [4.69, 9.17) is 0 Å². The quantitative estimate of drug-likeness (QED) is 0.127. The van der Waals surface area contributed by atoms with Crippen molar-refractivity contribution in [1.82, 2.24) is 5.32 Å². The van der Waals surface area contributed by atoms with Crippen LogP contribution in [-0.4, -0.2) is 23.0 Å². The molecule has 0 saturated heterocycles. The standard InChI is InChI=1S/C35H29N3O3S/c1-24(33(39)37-31-18-10-16-26-13-8-9-17-30(26)31)42-29-21-19-28(20-22-29)36-35(41)32(23-25-11-4-2-5-12-25)38-34(40)27-14-6-3-7-15-27/h2-24H,1H3,(H,36,41)(H,37,39)(H,38,40)/b32-23-. The van der Waals surface area contributed by atoms with E-state index in [1.54, 1.807) is 42.5 Å². The Kier molecular flexibility index (Phi) is 9.11. The van der Waals surface area contributed by atoms with E-state index in [-0.39, 0.29) is 22.8 Å². The predicted molar refractivity (Wildman–Crippen MR) is 171 cm³/mol. The molecule has 208 valence electrons. The van der Waals surface area contributed by atoms with Crippen LogP contribution in [0.1, 0.15) is 22.8 Å². The van der Waals surface area contributed by atoms with E-state index in [2.05, 4.69) is 16.0 Å². The number of hydrogen-bond donors (Lipinski definition) is 3. The van der Waals surface area contributed by atoms with Crippen LogP contribution in [0.25, 0.3) is 16.8 Å².